The van der Waals surface area contributed by atoms with E-state index in [1.807, 2.05) is 0 Å². The van der Waals surface area contributed by atoms with E-state index >= 15 is 0 Å². The van der Waals surface area contributed by atoms with Crippen LogP contribution >= 0.6 is 15.9 Å². The molecule has 0 aliphatic carbocycles. The molecule has 1 fully saturated rings. The Balaban J connectivity index is 1.95. The van der Waals surface area contributed by atoms with Gasteiger partial charge in [-0.25, -0.2) is 0 Å². The second kappa shape index (κ2) is 5.90. The maximum Gasteiger partial charge on any atom is 0.251 e. The van der Waals surface area contributed by atoms with Crippen LogP contribution in [0.5, 0.6) is 5.75 Å². The molecule has 1 saturated heterocycles. The van der Waals surface area contributed by atoms with E-state index < -0.39 is 5.60 Å². The van der Waals surface area contributed by atoms with Crippen LogP contribution in [0.2, 0.25) is 0 Å². The summed E-state index contributed by atoms with van der Waals surface area (Å²) in [6.45, 7) is 1.20. The van der Waals surface area contributed by atoms with Crippen molar-refractivity contribution in [1.29, 1.82) is 0 Å². The summed E-state index contributed by atoms with van der Waals surface area (Å²) in [5.41, 5.74) is -0.540. The number of amides is 1. The van der Waals surface area contributed by atoms with Crippen LogP contribution < -0.4 is 5.32 Å². The number of aromatic hydroxyl groups is 1. The number of benzene rings is 1. The number of carbonyl (C=O) groups excluding carboxylic acids is 1. The number of phenolic OH excluding ortho intramolecular Hbond substituents is 1. The molecule has 1 heterocycles. The van der Waals surface area contributed by atoms with Gasteiger partial charge < -0.3 is 20.3 Å². The zero-order chi connectivity index (χ0) is 13.9. The van der Waals surface area contributed by atoms with E-state index in [2.05, 4.69) is 21.2 Å². The highest BCUT2D eigenvalue weighted by molar-refractivity contribution is 9.10. The predicted molar refractivity (Wildman–Crippen MR) is 73.1 cm³/mol. The third-order valence-electron chi connectivity index (χ3n) is 3.21. The Morgan fingerprint density at radius 3 is 2.74 bits per heavy atom. The molecule has 1 aliphatic heterocycles. The first-order chi connectivity index (χ1) is 9.00. The van der Waals surface area contributed by atoms with Crippen LogP contribution in [0.25, 0.3) is 0 Å². The fourth-order valence-corrected chi connectivity index (χ4v) is 2.18. The Labute approximate surface area is 119 Å². The van der Waals surface area contributed by atoms with Gasteiger partial charge in [0.05, 0.1) is 10.1 Å². The first-order valence-corrected chi connectivity index (χ1v) is 6.86. The average Bonchev–Trinajstić information content (AvgIpc) is 2.40. The maximum atomic E-state index is 11.9. The zero-order valence-electron chi connectivity index (χ0n) is 10.4. The van der Waals surface area contributed by atoms with E-state index in [9.17, 15) is 15.0 Å². The molecule has 0 spiro atoms. The Bertz CT molecular complexity index is 472. The van der Waals surface area contributed by atoms with Crippen molar-refractivity contribution in [2.45, 2.75) is 18.4 Å². The normalized spacial score (nSPS) is 18.0. The highest BCUT2D eigenvalue weighted by atomic mass is 79.9. The highest BCUT2D eigenvalue weighted by Gasteiger charge is 2.30. The van der Waals surface area contributed by atoms with Crippen molar-refractivity contribution in [3.05, 3.63) is 28.2 Å². The molecule has 2 rings (SSSR count). The summed E-state index contributed by atoms with van der Waals surface area (Å²) < 4.78 is 5.71. The van der Waals surface area contributed by atoms with E-state index in [-0.39, 0.29) is 18.2 Å². The number of halogens is 1. The summed E-state index contributed by atoms with van der Waals surface area (Å²) in [6, 6.07) is 4.59. The van der Waals surface area contributed by atoms with Gasteiger partial charge in [-0.05, 0) is 34.1 Å². The van der Waals surface area contributed by atoms with Gasteiger partial charge in [-0.15, -0.1) is 0 Å². The Morgan fingerprint density at radius 1 is 1.42 bits per heavy atom. The van der Waals surface area contributed by atoms with E-state index in [1.54, 1.807) is 12.1 Å². The molecule has 104 valence electrons. The molecule has 0 radical (unpaired) electrons. The standard InChI is InChI=1S/C13H16BrNO4/c14-10-2-1-9(7-11(10)16)12(17)15-8-13(18)3-5-19-6-4-13/h1-2,7,16,18H,3-6,8H2,(H,15,17). The van der Waals surface area contributed by atoms with Gasteiger partial charge in [-0.3, -0.25) is 4.79 Å². The summed E-state index contributed by atoms with van der Waals surface area (Å²) in [6.07, 6.45) is 1.03. The number of carbonyl (C=O) groups is 1. The summed E-state index contributed by atoms with van der Waals surface area (Å²) in [5.74, 6) is -0.305. The Kier molecular flexibility index (Phi) is 4.44. The number of hydrogen-bond acceptors (Lipinski definition) is 4. The van der Waals surface area contributed by atoms with Gasteiger partial charge in [0.1, 0.15) is 5.75 Å². The third-order valence-corrected chi connectivity index (χ3v) is 3.88. The molecular weight excluding hydrogens is 314 g/mol. The number of nitrogens with one attached hydrogen (secondary N) is 1. The van der Waals surface area contributed by atoms with Gasteiger partial charge in [0.2, 0.25) is 0 Å². The fourth-order valence-electron chi connectivity index (χ4n) is 1.93. The quantitative estimate of drug-likeness (QED) is 0.783. The number of ether oxygens (including phenoxy) is 1. The van der Waals surface area contributed by atoms with Gasteiger partial charge >= 0.3 is 0 Å². The minimum atomic E-state index is -0.898. The van der Waals surface area contributed by atoms with Crippen molar-refractivity contribution >= 4 is 21.8 Å². The van der Waals surface area contributed by atoms with Gasteiger partial charge in [-0.2, -0.15) is 0 Å². The summed E-state index contributed by atoms with van der Waals surface area (Å²) >= 11 is 3.15. The second-order valence-corrected chi connectivity index (χ2v) is 5.54. The molecule has 0 bridgehead atoms. The molecule has 0 aromatic heterocycles. The lowest BCUT2D eigenvalue weighted by molar-refractivity contribution is -0.0605. The van der Waals surface area contributed by atoms with E-state index in [0.717, 1.165) is 0 Å². The van der Waals surface area contributed by atoms with Crippen molar-refractivity contribution in [2.75, 3.05) is 19.8 Å². The monoisotopic (exact) mass is 329 g/mol. The van der Waals surface area contributed by atoms with Crippen LogP contribution in [-0.4, -0.2) is 41.5 Å². The molecule has 0 saturated carbocycles. The smallest absolute Gasteiger partial charge is 0.251 e. The molecule has 1 aromatic rings. The lowest BCUT2D eigenvalue weighted by atomic mass is 9.94. The molecule has 3 N–H and O–H groups in total. The first-order valence-electron chi connectivity index (χ1n) is 6.07. The predicted octanol–water partition coefficient (Wildman–Crippen LogP) is 1.43. The summed E-state index contributed by atoms with van der Waals surface area (Å²) in [5, 5.41) is 22.4. The van der Waals surface area contributed by atoms with Crippen molar-refractivity contribution in [3.63, 3.8) is 0 Å². The van der Waals surface area contributed by atoms with Crippen molar-refractivity contribution < 1.29 is 19.7 Å². The maximum absolute atomic E-state index is 11.9. The number of rotatable bonds is 3. The van der Waals surface area contributed by atoms with Crippen LogP contribution in [0.3, 0.4) is 0 Å². The number of phenols is 1. The van der Waals surface area contributed by atoms with E-state index in [1.165, 1.54) is 6.07 Å². The minimum Gasteiger partial charge on any atom is -0.507 e. The molecule has 0 atom stereocenters. The Hall–Kier alpha value is -1.11. The van der Waals surface area contributed by atoms with E-state index in [0.29, 0.717) is 36.1 Å². The van der Waals surface area contributed by atoms with Crippen LogP contribution in [0.1, 0.15) is 23.2 Å². The van der Waals surface area contributed by atoms with Gasteiger partial charge in [0.25, 0.3) is 5.91 Å². The molecule has 5 nitrogen and oxygen atoms in total. The van der Waals surface area contributed by atoms with E-state index in [4.69, 9.17) is 4.74 Å². The average molecular weight is 330 g/mol. The SMILES string of the molecule is O=C(NCC1(O)CCOCC1)c1ccc(Br)c(O)c1. The minimum absolute atomic E-state index is 0.0115. The number of aliphatic hydroxyl groups is 1. The molecule has 19 heavy (non-hydrogen) atoms. The topological polar surface area (TPSA) is 78.8 Å². The lowest BCUT2D eigenvalue weighted by Gasteiger charge is -2.32. The lowest BCUT2D eigenvalue weighted by Crippen LogP contribution is -2.46. The first kappa shape index (κ1) is 14.3. The molecule has 1 aliphatic rings. The summed E-state index contributed by atoms with van der Waals surface area (Å²) in [7, 11) is 0. The molecule has 1 amide bonds. The zero-order valence-corrected chi connectivity index (χ0v) is 11.9. The van der Waals surface area contributed by atoms with Crippen LogP contribution in [0, 0.1) is 0 Å². The van der Waals surface area contributed by atoms with Crippen molar-refractivity contribution in [2.24, 2.45) is 0 Å². The van der Waals surface area contributed by atoms with Crippen LogP contribution in [-0.2, 0) is 4.74 Å². The molecule has 0 unspecified atom stereocenters. The Morgan fingerprint density at radius 2 is 2.11 bits per heavy atom. The molecule has 6 heteroatoms. The fraction of sp³-hybridized carbons (Fsp3) is 0.462. The second-order valence-electron chi connectivity index (χ2n) is 4.69. The van der Waals surface area contributed by atoms with Crippen molar-refractivity contribution in [3.8, 4) is 5.75 Å². The highest BCUT2D eigenvalue weighted by Crippen LogP contribution is 2.24. The van der Waals surface area contributed by atoms with Gasteiger partial charge in [-0.1, -0.05) is 0 Å². The molecular formula is C13H16BrNO4. The summed E-state index contributed by atoms with van der Waals surface area (Å²) in [4.78, 5) is 11.9. The van der Waals surface area contributed by atoms with Crippen LogP contribution in [0.4, 0.5) is 0 Å². The van der Waals surface area contributed by atoms with Crippen molar-refractivity contribution in [1.82, 2.24) is 5.32 Å². The molecule has 1 aromatic carbocycles. The largest absolute Gasteiger partial charge is 0.507 e. The number of hydrogen-bond donors (Lipinski definition) is 3. The third kappa shape index (κ3) is 3.68. The van der Waals surface area contributed by atoms with Crippen LogP contribution in [0.15, 0.2) is 22.7 Å². The van der Waals surface area contributed by atoms with Gasteiger partial charge in [0, 0.05) is 38.2 Å². The van der Waals surface area contributed by atoms with Gasteiger partial charge in [0.15, 0.2) is 0 Å².